The normalized spacial score (nSPS) is 12.0. The van der Waals surface area contributed by atoms with Crippen molar-refractivity contribution in [1.29, 1.82) is 0 Å². The average molecular weight is 327 g/mol. The lowest BCUT2D eigenvalue weighted by Gasteiger charge is -2.01. The summed E-state index contributed by atoms with van der Waals surface area (Å²) in [5.41, 5.74) is 0.717. The summed E-state index contributed by atoms with van der Waals surface area (Å²) in [6.07, 6.45) is 5.31. The second-order valence-electron chi connectivity index (χ2n) is 4.22. The number of thiophene rings is 1. The average Bonchev–Trinajstić information content (AvgIpc) is 3.03. The summed E-state index contributed by atoms with van der Waals surface area (Å²) in [5, 5.41) is 10.3. The van der Waals surface area contributed by atoms with Gasteiger partial charge in [0.1, 0.15) is 0 Å². The number of aliphatic carboxylic acids is 1. The highest BCUT2D eigenvalue weighted by Crippen LogP contribution is 2.16. The number of aromatic nitrogens is 2. The Morgan fingerprint density at radius 2 is 2.33 bits per heavy atom. The van der Waals surface area contributed by atoms with Gasteiger partial charge in [0.05, 0.1) is 6.33 Å². The van der Waals surface area contributed by atoms with E-state index in [-0.39, 0.29) is 11.6 Å². The number of imidazole rings is 1. The standard InChI is InChI=1S/C12H13N3O4S2/c1-15-6-11(13-8-15)21(18,19)14-5-10-4-9(7-20-10)2-3-12(16)17/h2-4,6-8,14H,5H2,1H3,(H,16,17). The Balaban J connectivity index is 2.01. The van der Waals surface area contributed by atoms with Gasteiger partial charge in [-0.25, -0.2) is 22.9 Å². The first-order valence-electron chi connectivity index (χ1n) is 5.83. The van der Waals surface area contributed by atoms with Gasteiger partial charge >= 0.3 is 5.97 Å². The fourth-order valence-electron chi connectivity index (χ4n) is 1.51. The molecule has 21 heavy (non-hydrogen) atoms. The Labute approximate surface area is 125 Å². The van der Waals surface area contributed by atoms with Crippen molar-refractivity contribution < 1.29 is 18.3 Å². The molecule has 0 radical (unpaired) electrons. The van der Waals surface area contributed by atoms with E-state index in [9.17, 15) is 13.2 Å². The number of hydrogen-bond acceptors (Lipinski definition) is 5. The van der Waals surface area contributed by atoms with Crippen molar-refractivity contribution in [3.05, 3.63) is 40.5 Å². The SMILES string of the molecule is Cn1cnc(S(=O)(=O)NCc2cc(C=CC(=O)O)cs2)c1. The predicted octanol–water partition coefficient (Wildman–Crippen LogP) is 1.06. The van der Waals surface area contributed by atoms with Crippen LogP contribution in [0.5, 0.6) is 0 Å². The lowest BCUT2D eigenvalue weighted by atomic mass is 10.3. The Hall–Kier alpha value is -1.97. The van der Waals surface area contributed by atoms with Crippen molar-refractivity contribution in [2.45, 2.75) is 11.6 Å². The molecule has 0 fully saturated rings. The minimum absolute atomic E-state index is 0.0347. The molecule has 0 bridgehead atoms. The third-order valence-electron chi connectivity index (χ3n) is 2.49. The smallest absolute Gasteiger partial charge is 0.328 e. The first kappa shape index (κ1) is 15.4. The molecule has 0 aliphatic carbocycles. The van der Waals surface area contributed by atoms with Crippen LogP contribution in [0.15, 0.2) is 35.1 Å². The topological polar surface area (TPSA) is 101 Å². The number of carboxylic acids is 1. The summed E-state index contributed by atoms with van der Waals surface area (Å²) < 4.78 is 27.9. The number of sulfonamides is 1. The van der Waals surface area contributed by atoms with Crippen LogP contribution < -0.4 is 4.72 Å². The second-order valence-corrected chi connectivity index (χ2v) is 6.93. The summed E-state index contributed by atoms with van der Waals surface area (Å²) in [7, 11) is -1.95. The van der Waals surface area contributed by atoms with Crippen LogP contribution >= 0.6 is 11.3 Å². The van der Waals surface area contributed by atoms with Gasteiger partial charge in [0.25, 0.3) is 10.0 Å². The molecule has 7 nitrogen and oxygen atoms in total. The molecule has 0 saturated heterocycles. The highest BCUT2D eigenvalue weighted by molar-refractivity contribution is 7.89. The van der Waals surface area contributed by atoms with Gasteiger partial charge in [0.15, 0.2) is 5.03 Å². The van der Waals surface area contributed by atoms with Gasteiger partial charge < -0.3 is 9.67 Å². The Bertz CT molecular complexity index is 774. The van der Waals surface area contributed by atoms with Crippen LogP contribution in [-0.2, 0) is 28.4 Å². The summed E-state index contributed by atoms with van der Waals surface area (Å²) in [4.78, 5) is 15.0. The van der Waals surface area contributed by atoms with Gasteiger partial charge in [-0.15, -0.1) is 11.3 Å². The van der Waals surface area contributed by atoms with E-state index in [0.29, 0.717) is 0 Å². The highest BCUT2D eigenvalue weighted by Gasteiger charge is 2.16. The molecule has 112 valence electrons. The molecule has 2 aromatic rings. The molecule has 0 amide bonds. The zero-order chi connectivity index (χ0) is 15.5. The largest absolute Gasteiger partial charge is 0.478 e. The van der Waals surface area contributed by atoms with Gasteiger partial charge in [-0.1, -0.05) is 0 Å². The first-order valence-corrected chi connectivity index (χ1v) is 8.19. The second kappa shape index (κ2) is 6.20. The first-order chi connectivity index (χ1) is 9.87. The minimum atomic E-state index is -3.64. The van der Waals surface area contributed by atoms with Crippen LogP contribution in [0.1, 0.15) is 10.4 Å². The molecule has 2 heterocycles. The van der Waals surface area contributed by atoms with E-state index in [1.165, 1.54) is 29.9 Å². The molecule has 2 N–H and O–H groups in total. The third-order valence-corrected chi connectivity index (χ3v) is 4.73. The fraction of sp³-hybridized carbons (Fsp3) is 0.167. The fourth-order valence-corrected chi connectivity index (χ4v) is 3.38. The molecule has 0 aliphatic heterocycles. The summed E-state index contributed by atoms with van der Waals surface area (Å²) in [6.45, 7) is 0.129. The van der Waals surface area contributed by atoms with Crippen LogP contribution in [0.25, 0.3) is 6.08 Å². The molecule has 0 unspecified atom stereocenters. The minimum Gasteiger partial charge on any atom is -0.478 e. The molecule has 0 atom stereocenters. The number of nitrogens with one attached hydrogen (secondary N) is 1. The van der Waals surface area contributed by atoms with Crippen molar-refractivity contribution in [3.8, 4) is 0 Å². The van der Waals surface area contributed by atoms with Crippen molar-refractivity contribution in [3.63, 3.8) is 0 Å². The molecule has 0 spiro atoms. The van der Waals surface area contributed by atoms with E-state index in [1.807, 2.05) is 0 Å². The van der Waals surface area contributed by atoms with Crippen molar-refractivity contribution in [2.75, 3.05) is 0 Å². The Kier molecular flexibility index (Phi) is 4.56. The van der Waals surface area contributed by atoms with Crippen LogP contribution in [0.3, 0.4) is 0 Å². The van der Waals surface area contributed by atoms with E-state index in [2.05, 4.69) is 9.71 Å². The summed E-state index contributed by atoms with van der Waals surface area (Å²) in [6, 6.07) is 1.73. The Morgan fingerprint density at radius 1 is 1.57 bits per heavy atom. The lowest BCUT2D eigenvalue weighted by molar-refractivity contribution is -0.131. The van der Waals surface area contributed by atoms with Gasteiger partial charge in [0.2, 0.25) is 0 Å². The van der Waals surface area contributed by atoms with Crippen molar-refractivity contribution in [1.82, 2.24) is 14.3 Å². The van der Waals surface area contributed by atoms with Gasteiger partial charge in [-0.05, 0) is 23.1 Å². The van der Waals surface area contributed by atoms with Crippen LogP contribution in [0.2, 0.25) is 0 Å². The highest BCUT2D eigenvalue weighted by atomic mass is 32.2. The van der Waals surface area contributed by atoms with Crippen LogP contribution in [-0.4, -0.2) is 29.0 Å². The summed E-state index contributed by atoms with van der Waals surface area (Å²) in [5.74, 6) is -1.03. The molecular weight excluding hydrogens is 314 g/mol. The number of carboxylic acid groups (broad SMARTS) is 1. The molecular formula is C12H13N3O4S2. The maximum Gasteiger partial charge on any atom is 0.328 e. The number of rotatable bonds is 6. The number of aryl methyl sites for hydroxylation is 1. The van der Waals surface area contributed by atoms with Crippen LogP contribution in [0.4, 0.5) is 0 Å². The van der Waals surface area contributed by atoms with E-state index >= 15 is 0 Å². The van der Waals surface area contributed by atoms with Crippen molar-refractivity contribution >= 4 is 33.4 Å². The van der Waals surface area contributed by atoms with E-state index in [0.717, 1.165) is 16.5 Å². The zero-order valence-electron chi connectivity index (χ0n) is 11.1. The third kappa shape index (κ3) is 4.25. The predicted molar refractivity (Wildman–Crippen MR) is 78.2 cm³/mol. The monoisotopic (exact) mass is 327 g/mol. The number of carbonyl (C=O) groups is 1. The van der Waals surface area contributed by atoms with Crippen molar-refractivity contribution in [2.24, 2.45) is 7.05 Å². The molecule has 9 heteroatoms. The molecule has 0 saturated carbocycles. The quantitative estimate of drug-likeness (QED) is 0.773. The molecule has 0 aliphatic rings. The van der Waals surface area contributed by atoms with Gasteiger partial charge in [-0.2, -0.15) is 0 Å². The van der Waals surface area contributed by atoms with E-state index in [1.54, 1.807) is 23.1 Å². The van der Waals surface area contributed by atoms with Gasteiger partial charge in [0, 0.05) is 30.7 Å². The maximum absolute atomic E-state index is 12.0. The summed E-state index contributed by atoms with van der Waals surface area (Å²) >= 11 is 1.35. The molecule has 2 aromatic heterocycles. The maximum atomic E-state index is 12.0. The lowest BCUT2D eigenvalue weighted by Crippen LogP contribution is -2.23. The number of hydrogen-bond donors (Lipinski definition) is 2. The molecule has 0 aromatic carbocycles. The van der Waals surface area contributed by atoms with E-state index in [4.69, 9.17) is 5.11 Å². The molecule has 2 rings (SSSR count). The van der Waals surface area contributed by atoms with Gasteiger partial charge in [-0.3, -0.25) is 0 Å². The zero-order valence-corrected chi connectivity index (χ0v) is 12.7. The Morgan fingerprint density at radius 3 is 2.95 bits per heavy atom. The number of nitrogens with zero attached hydrogens (tertiary/aromatic N) is 2. The van der Waals surface area contributed by atoms with E-state index < -0.39 is 16.0 Å². The van der Waals surface area contributed by atoms with Crippen LogP contribution in [0, 0.1) is 0 Å².